The van der Waals surface area contributed by atoms with Crippen molar-refractivity contribution in [3.8, 4) is 0 Å². The normalized spacial score (nSPS) is 11.9. The number of hydrogen-bond acceptors (Lipinski definition) is 2. The average molecular weight is 244 g/mol. The van der Waals surface area contributed by atoms with Gasteiger partial charge in [0, 0.05) is 5.39 Å². The maximum Gasteiger partial charge on any atom is 0.449 e. The van der Waals surface area contributed by atoms with Crippen molar-refractivity contribution in [1.82, 2.24) is 0 Å². The van der Waals surface area contributed by atoms with Crippen LogP contribution in [0.1, 0.15) is 11.3 Å². The first-order chi connectivity index (χ1) is 7.88. The van der Waals surface area contributed by atoms with E-state index in [1.165, 1.54) is 18.2 Å². The van der Waals surface area contributed by atoms with Crippen molar-refractivity contribution in [1.29, 1.82) is 0 Å². The molecule has 2 aromatic rings. The zero-order chi connectivity index (χ0) is 12.6. The number of hydrogen-bond donors (Lipinski definition) is 1. The summed E-state index contributed by atoms with van der Waals surface area (Å²) in [6.45, 7) is 0. The number of halogens is 3. The number of furan rings is 1. The van der Waals surface area contributed by atoms with E-state index in [4.69, 9.17) is 5.11 Å². The number of fused-ring (bicyclic) bond motifs is 1. The molecule has 0 amide bonds. The Balaban J connectivity index is 2.57. The van der Waals surface area contributed by atoms with E-state index in [0.717, 1.165) is 6.07 Å². The predicted molar refractivity (Wildman–Crippen MR) is 52.6 cm³/mol. The van der Waals surface area contributed by atoms with Gasteiger partial charge in [-0.15, -0.1) is 0 Å². The molecule has 1 aromatic heterocycles. The van der Waals surface area contributed by atoms with Crippen molar-refractivity contribution in [3.05, 3.63) is 35.6 Å². The van der Waals surface area contributed by atoms with Crippen LogP contribution in [-0.4, -0.2) is 11.1 Å². The molecule has 1 heterocycles. The summed E-state index contributed by atoms with van der Waals surface area (Å²) in [5.74, 6) is -2.22. The lowest BCUT2D eigenvalue weighted by Gasteiger charge is -1.98. The minimum absolute atomic E-state index is 0.0380. The summed E-state index contributed by atoms with van der Waals surface area (Å²) < 4.78 is 41.9. The summed E-state index contributed by atoms with van der Waals surface area (Å²) in [5.41, 5.74) is 0.338. The van der Waals surface area contributed by atoms with E-state index in [-0.39, 0.29) is 17.4 Å². The molecule has 17 heavy (non-hydrogen) atoms. The topological polar surface area (TPSA) is 50.4 Å². The molecule has 0 aliphatic carbocycles. The standard InChI is InChI=1S/C11H7F3O3/c12-11(13,14)9-5-7-6(4-10(15)16)2-1-3-8(7)17-9/h1-3,5H,4H2,(H,15,16). The van der Waals surface area contributed by atoms with Crippen LogP contribution in [0.25, 0.3) is 11.0 Å². The van der Waals surface area contributed by atoms with Gasteiger partial charge in [0.2, 0.25) is 5.76 Å². The van der Waals surface area contributed by atoms with Crippen molar-refractivity contribution in [2.75, 3.05) is 0 Å². The van der Waals surface area contributed by atoms with Crippen LogP contribution in [0, 0.1) is 0 Å². The third-order valence-electron chi connectivity index (χ3n) is 2.27. The number of carbonyl (C=O) groups is 1. The van der Waals surface area contributed by atoms with Crippen LogP contribution >= 0.6 is 0 Å². The highest BCUT2D eigenvalue weighted by atomic mass is 19.4. The molecular weight excluding hydrogens is 237 g/mol. The van der Waals surface area contributed by atoms with E-state index in [1.54, 1.807) is 0 Å². The third kappa shape index (κ3) is 2.25. The monoisotopic (exact) mass is 244 g/mol. The Bertz CT molecular complexity index is 569. The summed E-state index contributed by atoms with van der Waals surface area (Å²) in [6, 6.07) is 5.12. The molecule has 0 aliphatic heterocycles. The van der Waals surface area contributed by atoms with Crippen molar-refractivity contribution < 1.29 is 27.5 Å². The van der Waals surface area contributed by atoms with Gasteiger partial charge in [-0.1, -0.05) is 12.1 Å². The molecule has 90 valence electrons. The van der Waals surface area contributed by atoms with Crippen LogP contribution in [0.3, 0.4) is 0 Å². The molecule has 0 bridgehead atoms. The summed E-state index contributed by atoms with van der Waals surface area (Å²) in [5, 5.41) is 8.82. The van der Waals surface area contributed by atoms with Gasteiger partial charge in [0.25, 0.3) is 0 Å². The van der Waals surface area contributed by atoms with Crippen molar-refractivity contribution in [3.63, 3.8) is 0 Å². The highest BCUT2D eigenvalue weighted by Crippen LogP contribution is 2.34. The van der Waals surface area contributed by atoms with Crippen LogP contribution in [0.2, 0.25) is 0 Å². The second-order valence-corrected chi connectivity index (χ2v) is 3.51. The van der Waals surface area contributed by atoms with Crippen LogP contribution in [0.4, 0.5) is 13.2 Å². The zero-order valence-electron chi connectivity index (χ0n) is 8.41. The maximum absolute atomic E-state index is 12.4. The van der Waals surface area contributed by atoms with Crippen molar-refractivity contribution >= 4 is 16.9 Å². The van der Waals surface area contributed by atoms with Gasteiger partial charge < -0.3 is 9.52 Å². The summed E-state index contributed by atoms with van der Waals surface area (Å²) >= 11 is 0. The molecule has 1 aromatic carbocycles. The SMILES string of the molecule is O=C(O)Cc1cccc2oc(C(F)(F)F)cc12. The maximum atomic E-state index is 12.4. The van der Waals surface area contributed by atoms with Gasteiger partial charge in [-0.2, -0.15) is 13.2 Å². The van der Waals surface area contributed by atoms with E-state index in [9.17, 15) is 18.0 Å². The third-order valence-corrected chi connectivity index (χ3v) is 2.27. The fraction of sp³-hybridized carbons (Fsp3) is 0.182. The lowest BCUT2D eigenvalue weighted by atomic mass is 10.1. The number of benzene rings is 1. The predicted octanol–water partition coefficient (Wildman–Crippen LogP) is 3.08. The molecule has 0 atom stereocenters. The average Bonchev–Trinajstić information content (AvgIpc) is 2.60. The lowest BCUT2D eigenvalue weighted by molar-refractivity contribution is -0.152. The smallest absolute Gasteiger partial charge is 0.449 e. The molecular formula is C11H7F3O3. The van der Waals surface area contributed by atoms with E-state index < -0.39 is 17.9 Å². The Kier molecular flexibility index (Phi) is 2.57. The van der Waals surface area contributed by atoms with E-state index in [1.807, 2.05) is 0 Å². The molecule has 0 spiro atoms. The number of rotatable bonds is 2. The minimum atomic E-state index is -4.57. The summed E-state index contributed by atoms with van der Waals surface area (Å²) in [6.07, 6.45) is -4.91. The van der Waals surface area contributed by atoms with Crippen LogP contribution in [0.5, 0.6) is 0 Å². The summed E-state index contributed by atoms with van der Waals surface area (Å²) in [7, 11) is 0. The number of aliphatic carboxylic acids is 1. The van der Waals surface area contributed by atoms with Crippen LogP contribution in [0.15, 0.2) is 28.7 Å². The van der Waals surface area contributed by atoms with Crippen molar-refractivity contribution in [2.24, 2.45) is 0 Å². The second-order valence-electron chi connectivity index (χ2n) is 3.51. The Hall–Kier alpha value is -1.98. The fourth-order valence-corrected chi connectivity index (χ4v) is 1.58. The minimum Gasteiger partial charge on any atom is -0.481 e. The van der Waals surface area contributed by atoms with E-state index in [2.05, 4.69) is 4.42 Å². The van der Waals surface area contributed by atoms with Gasteiger partial charge in [0.05, 0.1) is 6.42 Å². The molecule has 1 N–H and O–H groups in total. The highest BCUT2D eigenvalue weighted by molar-refractivity contribution is 5.85. The fourth-order valence-electron chi connectivity index (χ4n) is 1.58. The number of carboxylic acid groups (broad SMARTS) is 1. The Morgan fingerprint density at radius 2 is 2.06 bits per heavy atom. The molecule has 0 aliphatic rings. The van der Waals surface area contributed by atoms with Crippen molar-refractivity contribution in [2.45, 2.75) is 12.6 Å². The van der Waals surface area contributed by atoms with Gasteiger partial charge in [-0.05, 0) is 17.7 Å². The van der Waals surface area contributed by atoms with Gasteiger partial charge in [0.1, 0.15) is 5.58 Å². The Morgan fingerprint density at radius 3 is 2.65 bits per heavy atom. The molecule has 2 rings (SSSR count). The van der Waals surface area contributed by atoms with Gasteiger partial charge in [-0.25, -0.2) is 0 Å². The molecule has 6 heteroatoms. The molecule has 3 nitrogen and oxygen atoms in total. The van der Waals surface area contributed by atoms with E-state index >= 15 is 0 Å². The quantitative estimate of drug-likeness (QED) is 0.883. The van der Waals surface area contributed by atoms with Gasteiger partial charge in [0.15, 0.2) is 0 Å². The number of carboxylic acids is 1. The van der Waals surface area contributed by atoms with Gasteiger partial charge >= 0.3 is 12.1 Å². The second kappa shape index (κ2) is 3.80. The van der Waals surface area contributed by atoms with Gasteiger partial charge in [-0.3, -0.25) is 4.79 Å². The first-order valence-electron chi connectivity index (χ1n) is 4.68. The molecule has 0 saturated heterocycles. The highest BCUT2D eigenvalue weighted by Gasteiger charge is 2.35. The first kappa shape index (κ1) is 11.5. The van der Waals surface area contributed by atoms with Crippen LogP contribution < -0.4 is 0 Å². The Morgan fingerprint density at radius 1 is 1.35 bits per heavy atom. The zero-order valence-corrected chi connectivity index (χ0v) is 8.41. The van der Waals surface area contributed by atoms with Crippen LogP contribution in [-0.2, 0) is 17.4 Å². The Labute approximate surface area is 93.5 Å². The summed E-state index contributed by atoms with van der Waals surface area (Å²) in [4.78, 5) is 10.6. The first-order valence-corrected chi connectivity index (χ1v) is 4.68. The number of alkyl halides is 3. The molecule has 0 radical (unpaired) electrons. The molecule has 0 saturated carbocycles. The molecule has 0 fully saturated rings. The largest absolute Gasteiger partial charge is 0.481 e. The lowest BCUT2D eigenvalue weighted by Crippen LogP contribution is -2.02. The molecule has 0 unspecified atom stereocenters. The van der Waals surface area contributed by atoms with E-state index in [0.29, 0.717) is 5.56 Å².